The molecule has 11 nitrogen and oxygen atoms in total. The standard InChI is InChI=1S/C21H24ClN7O4S/c22-15-3-1-2-13(6-15)11-29-5-4-18(28-29)20(31)17-10-24-12-25-21(17)27-16-7-14(19(30)8-16)9-26-34(23,32)33/h1-6,10,12,14,16,19,26,30H,7-9,11H2,(H2,23,32,33)(H,24,25,27)/t14-,16-,19+/m1/s1. The number of nitrogens with two attached hydrogens (primary N) is 1. The normalized spacial score (nSPS) is 20.4. The molecule has 13 heteroatoms. The van der Waals surface area contributed by atoms with Crippen molar-refractivity contribution >= 4 is 33.4 Å². The summed E-state index contributed by atoms with van der Waals surface area (Å²) < 4.78 is 26.1. The number of hydrogen-bond donors (Lipinski definition) is 4. The lowest BCUT2D eigenvalue weighted by molar-refractivity contribution is 0.103. The number of nitrogens with zero attached hydrogens (tertiary/aromatic N) is 4. The van der Waals surface area contributed by atoms with Gasteiger partial charge in [-0.05, 0) is 36.6 Å². The molecule has 1 aromatic carbocycles. The van der Waals surface area contributed by atoms with Gasteiger partial charge >= 0.3 is 0 Å². The summed E-state index contributed by atoms with van der Waals surface area (Å²) in [6, 6.07) is 8.79. The second kappa shape index (κ2) is 10.2. The maximum atomic E-state index is 13.1. The highest BCUT2D eigenvalue weighted by molar-refractivity contribution is 7.87. The van der Waals surface area contributed by atoms with E-state index in [1.54, 1.807) is 23.0 Å². The van der Waals surface area contributed by atoms with Gasteiger partial charge in [0.15, 0.2) is 0 Å². The number of carbonyl (C=O) groups is 1. The van der Waals surface area contributed by atoms with Gasteiger partial charge in [-0.25, -0.2) is 19.8 Å². The van der Waals surface area contributed by atoms with E-state index in [1.807, 2.05) is 18.2 Å². The summed E-state index contributed by atoms with van der Waals surface area (Å²) in [6.45, 7) is 0.482. The Bertz CT molecular complexity index is 1280. The van der Waals surface area contributed by atoms with E-state index in [2.05, 4.69) is 25.1 Å². The summed E-state index contributed by atoms with van der Waals surface area (Å²) in [4.78, 5) is 21.3. The molecule has 2 aromatic heterocycles. The molecule has 0 aliphatic heterocycles. The fourth-order valence-corrected chi connectivity index (χ4v) is 4.66. The van der Waals surface area contributed by atoms with Gasteiger partial charge in [0.2, 0.25) is 5.78 Å². The van der Waals surface area contributed by atoms with Crippen molar-refractivity contribution in [2.45, 2.75) is 31.5 Å². The number of nitrogens with one attached hydrogen (secondary N) is 2. The van der Waals surface area contributed by atoms with Crippen molar-refractivity contribution in [3.05, 3.63) is 70.9 Å². The quantitative estimate of drug-likeness (QED) is 0.312. The predicted octanol–water partition coefficient (Wildman–Crippen LogP) is 0.950. The number of ketones is 1. The lowest BCUT2D eigenvalue weighted by atomic mass is 10.1. The van der Waals surface area contributed by atoms with Crippen LogP contribution >= 0.6 is 11.6 Å². The maximum absolute atomic E-state index is 13.1. The van der Waals surface area contributed by atoms with Gasteiger partial charge in [-0.2, -0.15) is 13.5 Å². The fourth-order valence-electron chi connectivity index (χ4n) is 4.00. The van der Waals surface area contributed by atoms with E-state index in [9.17, 15) is 18.3 Å². The highest BCUT2D eigenvalue weighted by Gasteiger charge is 2.34. The third-order valence-electron chi connectivity index (χ3n) is 5.61. The monoisotopic (exact) mass is 505 g/mol. The van der Waals surface area contributed by atoms with Gasteiger partial charge in [-0.1, -0.05) is 23.7 Å². The minimum atomic E-state index is -3.84. The summed E-state index contributed by atoms with van der Waals surface area (Å²) in [5.41, 5.74) is 1.43. The van der Waals surface area contributed by atoms with Crippen molar-refractivity contribution in [2.24, 2.45) is 11.1 Å². The molecule has 0 bridgehead atoms. The molecule has 1 saturated carbocycles. The molecule has 3 aromatic rings. The van der Waals surface area contributed by atoms with Crippen molar-refractivity contribution in [1.82, 2.24) is 24.5 Å². The average molecular weight is 506 g/mol. The van der Waals surface area contributed by atoms with Crippen molar-refractivity contribution in [2.75, 3.05) is 11.9 Å². The van der Waals surface area contributed by atoms with Crippen molar-refractivity contribution in [1.29, 1.82) is 0 Å². The van der Waals surface area contributed by atoms with E-state index in [1.165, 1.54) is 12.5 Å². The number of rotatable bonds is 9. The van der Waals surface area contributed by atoms with E-state index in [4.69, 9.17) is 16.7 Å². The zero-order valence-electron chi connectivity index (χ0n) is 18.0. The Morgan fingerprint density at radius 1 is 1.29 bits per heavy atom. The van der Waals surface area contributed by atoms with Crippen LogP contribution in [0.3, 0.4) is 0 Å². The summed E-state index contributed by atoms with van der Waals surface area (Å²) in [7, 11) is -3.84. The second-order valence-corrected chi connectivity index (χ2v) is 9.99. The van der Waals surface area contributed by atoms with Gasteiger partial charge in [0.25, 0.3) is 10.2 Å². The number of aliphatic hydroxyl groups is 1. The van der Waals surface area contributed by atoms with Crippen LogP contribution in [-0.2, 0) is 16.8 Å². The Morgan fingerprint density at radius 3 is 2.88 bits per heavy atom. The predicted molar refractivity (Wildman–Crippen MR) is 125 cm³/mol. The van der Waals surface area contributed by atoms with Crippen molar-refractivity contribution < 1.29 is 18.3 Å². The van der Waals surface area contributed by atoms with Gasteiger partial charge in [-0.3, -0.25) is 9.48 Å². The number of aromatic nitrogens is 4. The van der Waals surface area contributed by atoms with Crippen molar-refractivity contribution in [3.8, 4) is 0 Å². The molecule has 0 unspecified atom stereocenters. The lowest BCUT2D eigenvalue weighted by Crippen LogP contribution is -2.36. The molecule has 2 heterocycles. The minimum absolute atomic E-state index is 0.0256. The Hall–Kier alpha value is -2.90. The van der Waals surface area contributed by atoms with E-state index in [0.717, 1.165) is 5.56 Å². The maximum Gasteiger partial charge on any atom is 0.274 e. The molecular weight excluding hydrogens is 482 g/mol. The number of anilines is 1. The molecule has 180 valence electrons. The molecule has 34 heavy (non-hydrogen) atoms. The Labute approximate surface area is 201 Å². The smallest absolute Gasteiger partial charge is 0.274 e. The third kappa shape index (κ3) is 6.15. The Kier molecular flexibility index (Phi) is 7.24. The number of halogens is 1. The largest absolute Gasteiger partial charge is 0.393 e. The first kappa shape index (κ1) is 24.2. The highest BCUT2D eigenvalue weighted by atomic mass is 35.5. The van der Waals surface area contributed by atoms with E-state index in [-0.39, 0.29) is 35.5 Å². The van der Waals surface area contributed by atoms with Crippen LogP contribution in [0.5, 0.6) is 0 Å². The summed E-state index contributed by atoms with van der Waals surface area (Å²) in [5, 5.41) is 23.5. The van der Waals surface area contributed by atoms with E-state index < -0.39 is 16.3 Å². The average Bonchev–Trinajstić information content (AvgIpc) is 3.38. The first-order chi connectivity index (χ1) is 16.2. The SMILES string of the molecule is NS(=O)(=O)NC[C@H]1C[C@@H](Nc2ncncc2C(=O)c2ccn(Cc3cccc(Cl)c3)n2)C[C@@H]1O. The van der Waals surface area contributed by atoms with Crippen molar-refractivity contribution in [3.63, 3.8) is 0 Å². The molecule has 3 atom stereocenters. The molecule has 1 aliphatic carbocycles. The van der Waals surface area contributed by atoms with Crippen LogP contribution in [0.4, 0.5) is 5.82 Å². The van der Waals surface area contributed by atoms with Gasteiger partial charge in [-0.15, -0.1) is 0 Å². The number of carbonyl (C=O) groups excluding carboxylic acids is 1. The van der Waals surface area contributed by atoms with Crippen LogP contribution < -0.4 is 15.2 Å². The third-order valence-corrected chi connectivity index (χ3v) is 6.41. The molecule has 0 amide bonds. The number of hydrogen-bond acceptors (Lipinski definition) is 8. The summed E-state index contributed by atoms with van der Waals surface area (Å²) in [5.74, 6) is -0.348. The fraction of sp³-hybridized carbons (Fsp3) is 0.333. The topological polar surface area (TPSA) is 165 Å². The number of aliphatic hydroxyl groups excluding tert-OH is 1. The molecule has 5 N–H and O–H groups in total. The summed E-state index contributed by atoms with van der Waals surface area (Å²) in [6.07, 6.45) is 4.55. The molecule has 0 spiro atoms. The number of benzene rings is 1. The van der Waals surface area contributed by atoms with E-state index in [0.29, 0.717) is 30.2 Å². The minimum Gasteiger partial charge on any atom is -0.393 e. The first-order valence-electron chi connectivity index (χ1n) is 10.5. The van der Waals surface area contributed by atoms with Crippen LogP contribution in [0.15, 0.2) is 49.1 Å². The molecule has 1 fully saturated rings. The Balaban J connectivity index is 1.44. The van der Waals surface area contributed by atoms with Crippen LogP contribution in [0.2, 0.25) is 5.02 Å². The zero-order valence-corrected chi connectivity index (χ0v) is 19.6. The van der Waals surface area contributed by atoms with Gasteiger partial charge in [0, 0.05) is 35.9 Å². The van der Waals surface area contributed by atoms with Gasteiger partial charge in [0.05, 0.1) is 18.2 Å². The first-order valence-corrected chi connectivity index (χ1v) is 12.4. The molecule has 1 aliphatic rings. The van der Waals surface area contributed by atoms with Crippen LogP contribution in [0.1, 0.15) is 34.5 Å². The van der Waals surface area contributed by atoms with Crippen LogP contribution in [0.25, 0.3) is 0 Å². The van der Waals surface area contributed by atoms with E-state index >= 15 is 0 Å². The Morgan fingerprint density at radius 2 is 2.12 bits per heavy atom. The zero-order chi connectivity index (χ0) is 24.3. The molecule has 0 radical (unpaired) electrons. The molecule has 4 rings (SSSR count). The van der Waals surface area contributed by atoms with Crippen LogP contribution in [-0.4, -0.2) is 57.7 Å². The molecule has 0 saturated heterocycles. The second-order valence-electron chi connectivity index (χ2n) is 8.18. The highest BCUT2D eigenvalue weighted by Crippen LogP contribution is 2.29. The molecular formula is C21H24ClN7O4S. The lowest BCUT2D eigenvalue weighted by Gasteiger charge is -2.15. The van der Waals surface area contributed by atoms with Crippen LogP contribution in [0, 0.1) is 5.92 Å². The van der Waals surface area contributed by atoms with Gasteiger partial charge < -0.3 is 10.4 Å². The summed E-state index contributed by atoms with van der Waals surface area (Å²) >= 11 is 6.03. The van der Waals surface area contributed by atoms with Gasteiger partial charge in [0.1, 0.15) is 17.8 Å².